The molecule has 39 heavy (non-hydrogen) atoms. The molecular weight excluding hydrogens is 534 g/mol. The van der Waals surface area contributed by atoms with Crippen molar-refractivity contribution < 1.29 is 18.0 Å². The monoisotopic (exact) mass is 569 g/mol. The van der Waals surface area contributed by atoms with E-state index >= 15 is 0 Å². The van der Waals surface area contributed by atoms with Crippen molar-refractivity contribution >= 4 is 39.1 Å². The molecule has 7 nitrogen and oxygen atoms in total. The molecule has 1 N–H and O–H groups in total. The molecule has 0 aliphatic heterocycles. The highest BCUT2D eigenvalue weighted by Gasteiger charge is 2.33. The largest absolute Gasteiger partial charge is 0.354 e. The van der Waals surface area contributed by atoms with Crippen molar-refractivity contribution in [3.05, 3.63) is 101 Å². The zero-order chi connectivity index (χ0) is 28.6. The van der Waals surface area contributed by atoms with Crippen LogP contribution in [-0.4, -0.2) is 50.5 Å². The molecule has 0 heterocycles. The van der Waals surface area contributed by atoms with Crippen LogP contribution in [0.15, 0.2) is 78.9 Å². The Morgan fingerprint density at radius 2 is 1.51 bits per heavy atom. The predicted octanol–water partition coefficient (Wildman–Crippen LogP) is 4.83. The molecule has 3 aromatic rings. The van der Waals surface area contributed by atoms with Crippen LogP contribution in [0.4, 0.5) is 5.69 Å². The molecule has 0 radical (unpaired) electrons. The smallest absolute Gasteiger partial charge is 0.244 e. The van der Waals surface area contributed by atoms with Gasteiger partial charge in [0, 0.05) is 24.5 Å². The van der Waals surface area contributed by atoms with E-state index in [-0.39, 0.29) is 24.8 Å². The fraction of sp³-hybridized carbons (Fsp3) is 0.333. The maximum atomic E-state index is 14.0. The second kappa shape index (κ2) is 13.6. The van der Waals surface area contributed by atoms with E-state index in [0.29, 0.717) is 17.3 Å². The number of amides is 2. The molecular formula is C30H36ClN3O4S. The van der Waals surface area contributed by atoms with Crippen molar-refractivity contribution in [3.8, 4) is 0 Å². The molecule has 3 aromatic carbocycles. The number of nitrogens with one attached hydrogen (secondary N) is 1. The van der Waals surface area contributed by atoms with Crippen molar-refractivity contribution in [1.29, 1.82) is 0 Å². The van der Waals surface area contributed by atoms with E-state index in [1.54, 1.807) is 24.3 Å². The number of rotatable bonds is 12. The van der Waals surface area contributed by atoms with Crippen LogP contribution < -0.4 is 9.62 Å². The molecule has 0 bridgehead atoms. The molecule has 1 atom stereocenters. The van der Waals surface area contributed by atoms with Gasteiger partial charge in [0.1, 0.15) is 12.6 Å². The Labute approximate surface area is 236 Å². The number of aryl methyl sites for hydroxylation is 1. The van der Waals surface area contributed by atoms with Crippen molar-refractivity contribution in [2.45, 2.75) is 39.8 Å². The van der Waals surface area contributed by atoms with Gasteiger partial charge in [-0.25, -0.2) is 8.42 Å². The molecule has 9 heteroatoms. The third-order valence-electron chi connectivity index (χ3n) is 6.22. The van der Waals surface area contributed by atoms with Crippen molar-refractivity contribution in [2.24, 2.45) is 5.92 Å². The van der Waals surface area contributed by atoms with Gasteiger partial charge in [-0.05, 0) is 48.2 Å². The second-order valence-corrected chi connectivity index (χ2v) is 12.4. The molecule has 0 aromatic heterocycles. The van der Waals surface area contributed by atoms with Crippen LogP contribution in [0.1, 0.15) is 30.5 Å². The summed E-state index contributed by atoms with van der Waals surface area (Å²) in [6.45, 7) is 6.10. The summed E-state index contributed by atoms with van der Waals surface area (Å²) < 4.78 is 26.6. The lowest BCUT2D eigenvalue weighted by atomic mass is 10.0. The predicted molar refractivity (Wildman–Crippen MR) is 157 cm³/mol. The third kappa shape index (κ3) is 9.11. The lowest BCUT2D eigenvalue weighted by Gasteiger charge is -2.33. The molecule has 0 aliphatic carbocycles. The summed E-state index contributed by atoms with van der Waals surface area (Å²) in [5.41, 5.74) is 3.11. The average Bonchev–Trinajstić information content (AvgIpc) is 2.89. The van der Waals surface area contributed by atoms with Crippen LogP contribution in [0.5, 0.6) is 0 Å². The molecule has 0 aliphatic rings. The summed E-state index contributed by atoms with van der Waals surface area (Å²) in [6.07, 6.45) is 1.33. The van der Waals surface area contributed by atoms with Gasteiger partial charge >= 0.3 is 0 Å². The van der Waals surface area contributed by atoms with Crippen molar-refractivity contribution in [1.82, 2.24) is 10.2 Å². The fourth-order valence-corrected chi connectivity index (χ4v) is 5.06. The molecule has 0 unspecified atom stereocenters. The molecule has 0 saturated heterocycles. The van der Waals surface area contributed by atoms with Gasteiger partial charge in [-0.2, -0.15) is 0 Å². The summed E-state index contributed by atoms with van der Waals surface area (Å²) in [5, 5.41) is 3.42. The SMILES string of the molecule is Cc1ccc(CN(C(=O)CN(c2ccc(Cl)cc2)S(C)(=O)=O)[C@@H](Cc2ccccc2)C(=O)NCC(C)C)cc1. The molecule has 3 rings (SSSR count). The van der Waals surface area contributed by atoms with E-state index in [1.165, 1.54) is 4.90 Å². The third-order valence-corrected chi connectivity index (χ3v) is 7.62. The average molecular weight is 570 g/mol. The van der Waals surface area contributed by atoms with Crippen LogP contribution in [0.3, 0.4) is 0 Å². The van der Waals surface area contributed by atoms with Crippen molar-refractivity contribution in [2.75, 3.05) is 23.7 Å². The highest BCUT2D eigenvalue weighted by atomic mass is 35.5. The number of hydrogen-bond acceptors (Lipinski definition) is 4. The van der Waals surface area contributed by atoms with Gasteiger partial charge in [0.2, 0.25) is 21.8 Å². The maximum Gasteiger partial charge on any atom is 0.244 e. The van der Waals surface area contributed by atoms with Crippen molar-refractivity contribution in [3.63, 3.8) is 0 Å². The van der Waals surface area contributed by atoms with Gasteiger partial charge in [0.15, 0.2) is 0 Å². The Balaban J connectivity index is 2.03. The minimum absolute atomic E-state index is 0.143. The minimum atomic E-state index is -3.82. The number of carbonyl (C=O) groups is 2. The van der Waals surface area contributed by atoms with Gasteiger partial charge in [0.25, 0.3) is 0 Å². The van der Waals surface area contributed by atoms with Crippen LogP contribution in [0.2, 0.25) is 5.02 Å². The fourth-order valence-electron chi connectivity index (χ4n) is 4.09. The second-order valence-electron chi connectivity index (χ2n) is 10.1. The van der Waals surface area contributed by atoms with Gasteiger partial charge in [-0.1, -0.05) is 85.6 Å². The molecule has 0 saturated carbocycles. The minimum Gasteiger partial charge on any atom is -0.354 e. The van der Waals surface area contributed by atoms with E-state index in [1.807, 2.05) is 75.4 Å². The Kier molecular flexibility index (Phi) is 10.5. The van der Waals surface area contributed by atoms with E-state index < -0.39 is 28.5 Å². The summed E-state index contributed by atoms with van der Waals surface area (Å²) in [7, 11) is -3.82. The van der Waals surface area contributed by atoms with Crippen LogP contribution in [-0.2, 0) is 32.6 Å². The zero-order valence-corrected chi connectivity index (χ0v) is 24.4. The normalized spacial score (nSPS) is 12.2. The number of halogens is 1. The quantitative estimate of drug-likeness (QED) is 0.338. The molecule has 208 valence electrons. The van der Waals surface area contributed by atoms with Gasteiger partial charge in [-0.3, -0.25) is 13.9 Å². The lowest BCUT2D eigenvalue weighted by Crippen LogP contribution is -2.53. The number of sulfonamides is 1. The van der Waals surface area contributed by atoms with Crippen LogP contribution >= 0.6 is 11.6 Å². The Morgan fingerprint density at radius 3 is 2.08 bits per heavy atom. The Morgan fingerprint density at radius 1 is 0.897 bits per heavy atom. The summed E-state index contributed by atoms with van der Waals surface area (Å²) >= 11 is 6.01. The van der Waals surface area contributed by atoms with E-state index in [2.05, 4.69) is 5.32 Å². The van der Waals surface area contributed by atoms with Gasteiger partial charge in [0.05, 0.1) is 11.9 Å². The first-order chi connectivity index (χ1) is 18.4. The summed E-state index contributed by atoms with van der Waals surface area (Å²) in [6, 6.07) is 22.6. The maximum absolute atomic E-state index is 14.0. The van der Waals surface area contributed by atoms with E-state index in [9.17, 15) is 18.0 Å². The number of nitrogens with zero attached hydrogens (tertiary/aromatic N) is 2. The number of hydrogen-bond donors (Lipinski definition) is 1. The Bertz CT molecular complexity index is 1350. The van der Waals surface area contributed by atoms with E-state index in [0.717, 1.165) is 27.3 Å². The Hall–Kier alpha value is -3.36. The lowest BCUT2D eigenvalue weighted by molar-refractivity contribution is -0.140. The highest BCUT2D eigenvalue weighted by Crippen LogP contribution is 2.22. The summed E-state index contributed by atoms with van der Waals surface area (Å²) in [5.74, 6) is -0.555. The topological polar surface area (TPSA) is 86.8 Å². The first-order valence-electron chi connectivity index (χ1n) is 12.8. The van der Waals surface area contributed by atoms with Crippen LogP contribution in [0, 0.1) is 12.8 Å². The standard InChI is InChI=1S/C30H36ClN3O4S/c1-22(2)19-32-30(36)28(18-24-8-6-5-7-9-24)33(20-25-12-10-23(3)11-13-25)29(35)21-34(39(4,37)38)27-16-14-26(31)15-17-27/h5-17,22,28H,18-21H2,1-4H3,(H,32,36)/t28-/m0/s1. The van der Waals surface area contributed by atoms with E-state index in [4.69, 9.17) is 11.6 Å². The molecule has 0 spiro atoms. The first-order valence-corrected chi connectivity index (χ1v) is 15.1. The van der Waals surface area contributed by atoms with Gasteiger partial charge < -0.3 is 10.2 Å². The summed E-state index contributed by atoms with van der Waals surface area (Å²) in [4.78, 5) is 29.1. The van der Waals surface area contributed by atoms with Gasteiger partial charge in [-0.15, -0.1) is 0 Å². The molecule has 0 fully saturated rings. The zero-order valence-electron chi connectivity index (χ0n) is 22.8. The van der Waals surface area contributed by atoms with Crippen LogP contribution in [0.25, 0.3) is 0 Å². The number of carbonyl (C=O) groups excluding carboxylic acids is 2. The highest BCUT2D eigenvalue weighted by molar-refractivity contribution is 7.92. The molecule has 2 amide bonds. The first kappa shape index (κ1) is 30.2. The number of benzene rings is 3. The number of anilines is 1.